The van der Waals surface area contributed by atoms with Gasteiger partial charge in [0.15, 0.2) is 4.73 Å². The first-order chi connectivity index (χ1) is 8.10. The predicted octanol–water partition coefficient (Wildman–Crippen LogP) is 3.27. The monoisotopic (exact) mass is 362 g/mol. The first kappa shape index (κ1) is 13.6. The van der Waals surface area contributed by atoms with Crippen molar-refractivity contribution in [2.75, 3.05) is 0 Å². The van der Waals surface area contributed by atoms with Crippen molar-refractivity contribution in [3.8, 4) is 0 Å². The van der Waals surface area contributed by atoms with Gasteiger partial charge >= 0.3 is 6.18 Å². The third-order valence-electron chi connectivity index (χ3n) is 2.15. The van der Waals surface area contributed by atoms with E-state index in [0.717, 1.165) is 6.07 Å². The molecule has 0 saturated heterocycles. The SMILES string of the molecule is O=S(=O)(Cl)c1ccc(C(F)(F)F)c2nc(Br)[nH]c12. The topological polar surface area (TPSA) is 62.8 Å². The number of hydrogen-bond donors (Lipinski definition) is 1. The molecule has 0 spiro atoms. The van der Waals surface area contributed by atoms with E-state index in [0.29, 0.717) is 6.07 Å². The van der Waals surface area contributed by atoms with E-state index in [-0.39, 0.29) is 10.3 Å². The quantitative estimate of drug-likeness (QED) is 0.791. The average molecular weight is 364 g/mol. The van der Waals surface area contributed by atoms with Gasteiger partial charge in [0, 0.05) is 10.7 Å². The van der Waals surface area contributed by atoms with Crippen molar-refractivity contribution in [2.45, 2.75) is 11.1 Å². The van der Waals surface area contributed by atoms with E-state index in [2.05, 4.69) is 25.9 Å². The number of halogens is 5. The summed E-state index contributed by atoms with van der Waals surface area (Å²) in [5.74, 6) is 0. The third-order valence-corrected chi connectivity index (χ3v) is 3.89. The van der Waals surface area contributed by atoms with Crippen LogP contribution in [0.15, 0.2) is 21.8 Å². The van der Waals surface area contributed by atoms with Gasteiger partial charge < -0.3 is 4.98 Å². The average Bonchev–Trinajstić information content (AvgIpc) is 2.53. The highest BCUT2D eigenvalue weighted by Gasteiger charge is 2.35. The number of nitrogens with one attached hydrogen (secondary N) is 1. The number of benzene rings is 1. The zero-order valence-electron chi connectivity index (χ0n) is 8.22. The zero-order valence-corrected chi connectivity index (χ0v) is 11.4. The van der Waals surface area contributed by atoms with Crippen molar-refractivity contribution in [3.63, 3.8) is 0 Å². The summed E-state index contributed by atoms with van der Waals surface area (Å²) in [5, 5.41) is 0. The van der Waals surface area contributed by atoms with E-state index in [9.17, 15) is 21.6 Å². The fourth-order valence-electron chi connectivity index (χ4n) is 1.47. The molecule has 0 radical (unpaired) electrons. The van der Waals surface area contributed by atoms with Gasteiger partial charge in [0.25, 0.3) is 9.05 Å². The van der Waals surface area contributed by atoms with Crippen LogP contribution in [-0.2, 0) is 15.2 Å². The second kappa shape index (κ2) is 4.10. The maximum atomic E-state index is 12.7. The van der Waals surface area contributed by atoms with E-state index >= 15 is 0 Å². The third kappa shape index (κ3) is 2.34. The maximum Gasteiger partial charge on any atom is 0.418 e. The molecular formula is C8H3BrClF3N2O2S. The first-order valence-electron chi connectivity index (χ1n) is 4.31. The van der Waals surface area contributed by atoms with Crippen molar-refractivity contribution < 1.29 is 21.6 Å². The number of H-pyrrole nitrogens is 1. The smallest absolute Gasteiger partial charge is 0.331 e. The van der Waals surface area contributed by atoms with Crippen LogP contribution in [0, 0.1) is 0 Å². The van der Waals surface area contributed by atoms with Crippen LogP contribution in [0.1, 0.15) is 5.56 Å². The molecule has 1 aromatic heterocycles. The lowest BCUT2D eigenvalue weighted by Crippen LogP contribution is -2.07. The molecule has 1 heterocycles. The Kier molecular flexibility index (Phi) is 3.11. The van der Waals surface area contributed by atoms with Crippen molar-refractivity contribution in [1.82, 2.24) is 9.97 Å². The molecule has 98 valence electrons. The number of hydrogen-bond acceptors (Lipinski definition) is 3. The Bertz CT molecular complexity index is 726. The fourth-order valence-corrected chi connectivity index (χ4v) is 2.85. The van der Waals surface area contributed by atoms with Crippen molar-refractivity contribution >= 4 is 46.7 Å². The molecule has 18 heavy (non-hydrogen) atoms. The zero-order chi connectivity index (χ0) is 13.7. The Morgan fingerprint density at radius 1 is 1.33 bits per heavy atom. The number of nitrogens with zero attached hydrogens (tertiary/aromatic N) is 1. The van der Waals surface area contributed by atoms with Gasteiger partial charge in [-0.05, 0) is 28.1 Å². The lowest BCUT2D eigenvalue weighted by atomic mass is 10.2. The molecule has 10 heteroatoms. The highest BCUT2D eigenvalue weighted by molar-refractivity contribution is 9.10. The Labute approximate surface area is 112 Å². The Morgan fingerprint density at radius 2 is 1.94 bits per heavy atom. The molecule has 0 aliphatic heterocycles. The minimum atomic E-state index is -4.64. The van der Waals surface area contributed by atoms with E-state index in [1.54, 1.807) is 0 Å². The molecule has 0 aliphatic carbocycles. The van der Waals surface area contributed by atoms with Gasteiger partial charge in [-0.1, -0.05) is 0 Å². The summed E-state index contributed by atoms with van der Waals surface area (Å²) in [6, 6.07) is 1.42. The van der Waals surface area contributed by atoms with Gasteiger partial charge in [-0.15, -0.1) is 0 Å². The predicted molar refractivity (Wildman–Crippen MR) is 61.8 cm³/mol. The summed E-state index contributed by atoms with van der Waals surface area (Å²) < 4.78 is 60.6. The van der Waals surface area contributed by atoms with Gasteiger partial charge in [-0.2, -0.15) is 13.2 Å². The van der Waals surface area contributed by atoms with Crippen LogP contribution < -0.4 is 0 Å². The highest BCUT2D eigenvalue weighted by atomic mass is 79.9. The van der Waals surface area contributed by atoms with Crippen molar-refractivity contribution in [1.29, 1.82) is 0 Å². The number of rotatable bonds is 1. The standard InChI is InChI=1S/C8H3BrClF3N2O2S/c9-7-14-5-3(8(11,12)13)1-2-4(6(5)15-7)18(10,16)17/h1-2H,(H,14,15). The Morgan fingerprint density at radius 3 is 2.44 bits per heavy atom. The Hall–Kier alpha value is -0.800. The van der Waals surface area contributed by atoms with E-state index in [4.69, 9.17) is 10.7 Å². The molecule has 2 aromatic rings. The number of imidazole rings is 1. The van der Waals surface area contributed by atoms with E-state index in [1.165, 1.54) is 0 Å². The number of alkyl halides is 3. The number of aromatic nitrogens is 2. The van der Waals surface area contributed by atoms with Gasteiger partial charge in [-0.25, -0.2) is 13.4 Å². The summed E-state index contributed by atoms with van der Waals surface area (Å²) >= 11 is 2.85. The Balaban J connectivity index is 2.91. The minimum Gasteiger partial charge on any atom is -0.331 e. The molecular weight excluding hydrogens is 361 g/mol. The normalized spacial score (nSPS) is 13.2. The lowest BCUT2D eigenvalue weighted by molar-refractivity contribution is -0.136. The van der Waals surface area contributed by atoms with E-state index < -0.39 is 31.2 Å². The van der Waals surface area contributed by atoms with Gasteiger partial charge in [0.2, 0.25) is 0 Å². The molecule has 4 nitrogen and oxygen atoms in total. The number of fused-ring (bicyclic) bond motifs is 1. The van der Waals surface area contributed by atoms with Crippen LogP contribution in [-0.4, -0.2) is 18.4 Å². The lowest BCUT2D eigenvalue weighted by Gasteiger charge is -2.08. The molecule has 0 atom stereocenters. The van der Waals surface area contributed by atoms with Crippen LogP contribution in [0.3, 0.4) is 0 Å². The first-order valence-corrected chi connectivity index (χ1v) is 7.41. The largest absolute Gasteiger partial charge is 0.418 e. The van der Waals surface area contributed by atoms with Crippen LogP contribution >= 0.6 is 26.6 Å². The maximum absolute atomic E-state index is 12.7. The van der Waals surface area contributed by atoms with Crippen LogP contribution in [0.2, 0.25) is 0 Å². The molecule has 1 aromatic carbocycles. The molecule has 0 saturated carbocycles. The molecule has 0 bridgehead atoms. The molecule has 0 unspecified atom stereocenters. The number of aromatic amines is 1. The molecule has 2 rings (SSSR count). The van der Waals surface area contributed by atoms with Crippen LogP contribution in [0.5, 0.6) is 0 Å². The van der Waals surface area contributed by atoms with Crippen LogP contribution in [0.25, 0.3) is 11.0 Å². The van der Waals surface area contributed by atoms with Gasteiger partial charge in [-0.3, -0.25) is 0 Å². The molecule has 0 fully saturated rings. The molecule has 0 aliphatic rings. The second-order valence-corrected chi connectivity index (χ2v) is 6.58. The highest BCUT2D eigenvalue weighted by Crippen LogP contribution is 2.37. The summed E-state index contributed by atoms with van der Waals surface area (Å²) in [5.41, 5.74) is -1.83. The van der Waals surface area contributed by atoms with E-state index in [1.807, 2.05) is 0 Å². The molecule has 0 amide bonds. The fraction of sp³-hybridized carbons (Fsp3) is 0.125. The van der Waals surface area contributed by atoms with Crippen LogP contribution in [0.4, 0.5) is 13.2 Å². The summed E-state index contributed by atoms with van der Waals surface area (Å²) in [4.78, 5) is 5.51. The summed E-state index contributed by atoms with van der Waals surface area (Å²) in [6.45, 7) is 0. The van der Waals surface area contributed by atoms with Gasteiger partial charge in [0.1, 0.15) is 10.4 Å². The molecule has 1 N–H and O–H groups in total. The second-order valence-electron chi connectivity index (χ2n) is 3.30. The van der Waals surface area contributed by atoms with Crippen molar-refractivity contribution in [2.24, 2.45) is 0 Å². The minimum absolute atomic E-state index is 0.0178. The summed E-state index contributed by atoms with van der Waals surface area (Å²) in [6.07, 6.45) is -4.64. The summed E-state index contributed by atoms with van der Waals surface area (Å²) in [7, 11) is 0.976. The van der Waals surface area contributed by atoms with Gasteiger partial charge in [0.05, 0.1) is 11.1 Å². The van der Waals surface area contributed by atoms with Crippen molar-refractivity contribution in [3.05, 3.63) is 22.4 Å².